The molecule has 0 aliphatic carbocycles. The van der Waals surface area contributed by atoms with E-state index in [1.165, 1.54) is 12.6 Å². The van der Waals surface area contributed by atoms with Crippen LogP contribution in [0.25, 0.3) is 10.9 Å². The zero-order valence-corrected chi connectivity index (χ0v) is 19.5. The van der Waals surface area contributed by atoms with Gasteiger partial charge in [0, 0.05) is 41.2 Å². The van der Waals surface area contributed by atoms with E-state index >= 15 is 0 Å². The van der Waals surface area contributed by atoms with Crippen LogP contribution in [0.4, 0.5) is 5.82 Å². The molecule has 3 aromatic rings. The lowest BCUT2D eigenvalue weighted by atomic mass is 9.95. The molecule has 1 atom stereocenters. The van der Waals surface area contributed by atoms with Gasteiger partial charge in [-0.05, 0) is 39.7 Å². The summed E-state index contributed by atoms with van der Waals surface area (Å²) in [5, 5.41) is 13.6. The molecule has 0 radical (unpaired) electrons. The van der Waals surface area contributed by atoms with Crippen LogP contribution in [-0.4, -0.2) is 38.7 Å². The van der Waals surface area contributed by atoms with Crippen molar-refractivity contribution in [3.05, 3.63) is 52.8 Å². The highest BCUT2D eigenvalue weighted by Crippen LogP contribution is 2.33. The van der Waals surface area contributed by atoms with Crippen molar-refractivity contribution >= 4 is 42.4 Å². The monoisotopic (exact) mass is 492 g/mol. The molecule has 0 aliphatic rings. The fourth-order valence-electron chi connectivity index (χ4n) is 2.73. The third-order valence-corrected chi connectivity index (χ3v) is 6.37. The zero-order chi connectivity index (χ0) is 21.9. The minimum absolute atomic E-state index is 0.0686. The van der Waals surface area contributed by atoms with Crippen molar-refractivity contribution in [2.24, 2.45) is 5.41 Å². The summed E-state index contributed by atoms with van der Waals surface area (Å²) in [6, 6.07) is 10.8. The van der Waals surface area contributed by atoms with Gasteiger partial charge in [-0.1, -0.05) is 26.0 Å². The molecule has 1 heterocycles. The van der Waals surface area contributed by atoms with Gasteiger partial charge in [-0.25, -0.2) is 19.0 Å². The van der Waals surface area contributed by atoms with Crippen molar-refractivity contribution in [2.75, 3.05) is 24.7 Å². The highest BCUT2D eigenvalue weighted by atomic mass is 79.9. The molecule has 0 bridgehead atoms. The van der Waals surface area contributed by atoms with Gasteiger partial charge in [-0.15, -0.1) is 0 Å². The Bertz CT molecular complexity index is 1170. The molecule has 30 heavy (non-hydrogen) atoms. The molecular formula is C21H25BrN4O3S. The molecule has 1 unspecified atom stereocenters. The second-order valence-corrected chi connectivity index (χ2v) is 11.0. The van der Waals surface area contributed by atoms with Crippen LogP contribution in [0, 0.1) is 10.2 Å². The normalized spacial score (nSPS) is 13.8. The predicted molar refractivity (Wildman–Crippen MR) is 122 cm³/mol. The average Bonchev–Trinajstić information content (AvgIpc) is 2.70. The molecule has 0 aliphatic heterocycles. The maximum Gasteiger partial charge on any atom is 0.137 e. The molecule has 7 nitrogen and oxygen atoms in total. The predicted octanol–water partition coefficient (Wildman–Crippen LogP) is 4.44. The summed E-state index contributed by atoms with van der Waals surface area (Å²) >= 11 is 3.55. The third kappa shape index (κ3) is 5.47. The van der Waals surface area contributed by atoms with Gasteiger partial charge in [-0.2, -0.15) is 0 Å². The summed E-state index contributed by atoms with van der Waals surface area (Å²) in [4.78, 5) is 9.16. The van der Waals surface area contributed by atoms with Crippen LogP contribution in [0.1, 0.15) is 19.4 Å². The van der Waals surface area contributed by atoms with Gasteiger partial charge in [0.2, 0.25) is 0 Å². The van der Waals surface area contributed by atoms with Crippen molar-refractivity contribution in [1.82, 2.24) is 9.97 Å². The minimum Gasteiger partial charge on any atom is -0.488 e. The van der Waals surface area contributed by atoms with Crippen LogP contribution in [0.3, 0.4) is 0 Å². The summed E-state index contributed by atoms with van der Waals surface area (Å²) < 4.78 is 26.4. The number of hydrogen-bond acceptors (Lipinski definition) is 7. The number of ether oxygens (including phenoxy) is 1. The molecular weight excluding hydrogens is 468 g/mol. The number of nitrogens with one attached hydrogen (secondary N) is 2. The van der Waals surface area contributed by atoms with E-state index < -0.39 is 9.73 Å². The number of halogens is 1. The van der Waals surface area contributed by atoms with Crippen molar-refractivity contribution in [3.63, 3.8) is 0 Å². The number of nitrogens with zero attached hydrogens (tertiary/aromatic N) is 2. The molecule has 2 aromatic carbocycles. The standard InChI is InChI=1S/C21H25BrN4O3S/c1-21(2,12-27)11-24-20-16-8-17(22)19(9-18(16)25-13-26-20)29-10-14-5-4-6-15(7-14)30(3,23)28/h4-9,13,23,27H,10-12H2,1-3H3,(H,24,25,26). The van der Waals surface area contributed by atoms with E-state index in [0.29, 0.717) is 23.0 Å². The Balaban J connectivity index is 1.82. The Labute approximate surface area is 185 Å². The molecule has 3 N–H and O–H groups in total. The fourth-order valence-corrected chi connectivity index (χ4v) is 3.90. The Morgan fingerprint density at radius 2 is 2.03 bits per heavy atom. The number of rotatable bonds is 8. The summed E-state index contributed by atoms with van der Waals surface area (Å²) in [5.41, 5.74) is 1.29. The number of benzene rings is 2. The fraction of sp³-hybridized carbons (Fsp3) is 0.333. The number of hydrogen-bond donors (Lipinski definition) is 3. The molecule has 0 saturated carbocycles. The first-order valence-electron chi connectivity index (χ1n) is 9.34. The Hall–Kier alpha value is -2.23. The maximum atomic E-state index is 12.0. The maximum absolute atomic E-state index is 12.0. The number of aliphatic hydroxyl groups excluding tert-OH is 1. The summed E-state index contributed by atoms with van der Waals surface area (Å²) in [7, 11) is -2.77. The molecule has 0 amide bonds. The molecule has 3 rings (SSSR count). The van der Waals surface area contributed by atoms with E-state index in [1.54, 1.807) is 18.2 Å². The van der Waals surface area contributed by atoms with E-state index in [9.17, 15) is 9.32 Å². The van der Waals surface area contributed by atoms with Gasteiger partial charge in [0.05, 0.1) is 19.7 Å². The lowest BCUT2D eigenvalue weighted by molar-refractivity contribution is 0.171. The van der Waals surface area contributed by atoms with Gasteiger partial charge >= 0.3 is 0 Å². The van der Waals surface area contributed by atoms with Crippen LogP contribution in [0.2, 0.25) is 0 Å². The van der Waals surface area contributed by atoms with Crippen molar-refractivity contribution in [1.29, 1.82) is 4.78 Å². The number of aliphatic hydroxyl groups is 1. The first-order chi connectivity index (χ1) is 14.1. The summed E-state index contributed by atoms with van der Waals surface area (Å²) in [6.07, 6.45) is 2.89. The van der Waals surface area contributed by atoms with Gasteiger partial charge in [-0.3, -0.25) is 0 Å². The lowest BCUT2D eigenvalue weighted by Crippen LogP contribution is -2.27. The van der Waals surface area contributed by atoms with E-state index in [-0.39, 0.29) is 18.6 Å². The van der Waals surface area contributed by atoms with Crippen molar-refractivity contribution < 1.29 is 14.1 Å². The first kappa shape index (κ1) is 22.5. The molecule has 9 heteroatoms. The number of aromatic nitrogens is 2. The van der Waals surface area contributed by atoms with Gasteiger partial charge < -0.3 is 15.2 Å². The largest absolute Gasteiger partial charge is 0.488 e. The third-order valence-electron chi connectivity index (χ3n) is 4.59. The average molecular weight is 493 g/mol. The zero-order valence-electron chi connectivity index (χ0n) is 17.1. The number of anilines is 1. The van der Waals surface area contributed by atoms with Gasteiger partial charge in [0.25, 0.3) is 0 Å². The van der Waals surface area contributed by atoms with E-state index in [2.05, 4.69) is 31.2 Å². The van der Waals surface area contributed by atoms with Crippen molar-refractivity contribution in [2.45, 2.75) is 25.3 Å². The first-order valence-corrected chi connectivity index (χ1v) is 12.1. The topological polar surface area (TPSA) is 108 Å². The van der Waals surface area contributed by atoms with Gasteiger partial charge in [0.1, 0.15) is 24.5 Å². The Kier molecular flexibility index (Phi) is 6.64. The second-order valence-electron chi connectivity index (χ2n) is 7.98. The molecule has 160 valence electrons. The number of fused-ring (bicyclic) bond motifs is 1. The SMILES string of the molecule is CC(C)(CO)CNc1ncnc2cc(OCc3cccc(S(C)(=N)=O)c3)c(Br)cc12. The van der Waals surface area contributed by atoms with Gasteiger partial charge in [0.15, 0.2) is 0 Å². The van der Waals surface area contributed by atoms with E-state index in [0.717, 1.165) is 20.9 Å². The lowest BCUT2D eigenvalue weighted by Gasteiger charge is -2.22. The van der Waals surface area contributed by atoms with E-state index in [4.69, 9.17) is 9.52 Å². The summed E-state index contributed by atoms with van der Waals surface area (Å²) in [6.45, 7) is 4.85. The summed E-state index contributed by atoms with van der Waals surface area (Å²) in [5.74, 6) is 1.31. The van der Waals surface area contributed by atoms with Crippen LogP contribution in [-0.2, 0) is 16.3 Å². The molecule has 0 spiro atoms. The highest BCUT2D eigenvalue weighted by molar-refractivity contribution is 9.10. The van der Waals surface area contributed by atoms with E-state index in [1.807, 2.05) is 32.0 Å². The molecule has 1 aromatic heterocycles. The highest BCUT2D eigenvalue weighted by Gasteiger charge is 2.17. The van der Waals surface area contributed by atoms with Crippen molar-refractivity contribution in [3.8, 4) is 5.75 Å². The quantitative estimate of drug-likeness (QED) is 0.428. The van der Waals surface area contributed by atoms with Crippen LogP contribution >= 0.6 is 15.9 Å². The molecule has 0 saturated heterocycles. The molecule has 0 fully saturated rings. The second kappa shape index (κ2) is 8.87. The van der Waals surface area contributed by atoms with Crippen LogP contribution in [0.5, 0.6) is 5.75 Å². The minimum atomic E-state index is -2.77. The Morgan fingerprint density at radius 1 is 1.27 bits per heavy atom. The smallest absolute Gasteiger partial charge is 0.137 e. The van der Waals surface area contributed by atoms with Crippen LogP contribution < -0.4 is 10.1 Å². The Morgan fingerprint density at radius 3 is 2.73 bits per heavy atom. The van der Waals surface area contributed by atoms with Crippen LogP contribution in [0.15, 0.2) is 52.1 Å².